The van der Waals surface area contributed by atoms with Crippen LogP contribution in [0.2, 0.25) is 0 Å². The summed E-state index contributed by atoms with van der Waals surface area (Å²) in [5.74, 6) is 0. The topological polar surface area (TPSA) is 46.2 Å². The van der Waals surface area contributed by atoms with Crippen molar-refractivity contribution in [3.63, 3.8) is 0 Å². The Labute approximate surface area is 120 Å². The van der Waals surface area contributed by atoms with Crippen LogP contribution in [0.3, 0.4) is 0 Å². The number of anilines is 1. The van der Waals surface area contributed by atoms with Crippen molar-refractivity contribution in [3.05, 3.63) is 58.7 Å². The van der Waals surface area contributed by atoms with Gasteiger partial charge in [-0.2, -0.15) is 0 Å². The summed E-state index contributed by atoms with van der Waals surface area (Å²) in [5, 5.41) is 0. The fourth-order valence-electron chi connectivity index (χ4n) is 2.01. The van der Waals surface area contributed by atoms with Gasteiger partial charge in [-0.3, -0.25) is 4.72 Å². The van der Waals surface area contributed by atoms with Gasteiger partial charge in [-0.05, 0) is 68.1 Å². The Morgan fingerprint density at radius 3 is 2.10 bits per heavy atom. The number of aryl methyl sites for hydroxylation is 4. The Hall–Kier alpha value is -1.81. The summed E-state index contributed by atoms with van der Waals surface area (Å²) in [6.07, 6.45) is 0. The fraction of sp³-hybridized carbons (Fsp3) is 0.250. The molecule has 0 saturated carbocycles. The molecule has 0 aliphatic rings. The number of nitrogens with one attached hydrogen (secondary N) is 1. The van der Waals surface area contributed by atoms with Crippen LogP contribution < -0.4 is 4.72 Å². The first-order chi connectivity index (χ1) is 9.29. The molecule has 0 aromatic heterocycles. The van der Waals surface area contributed by atoms with E-state index in [-0.39, 0.29) is 0 Å². The summed E-state index contributed by atoms with van der Waals surface area (Å²) < 4.78 is 27.6. The molecule has 20 heavy (non-hydrogen) atoms. The number of benzene rings is 2. The Balaban J connectivity index is 2.40. The summed E-state index contributed by atoms with van der Waals surface area (Å²) in [5.41, 5.74) is 4.46. The molecule has 106 valence electrons. The monoisotopic (exact) mass is 289 g/mol. The molecule has 0 radical (unpaired) electrons. The van der Waals surface area contributed by atoms with Crippen molar-refractivity contribution in [2.24, 2.45) is 0 Å². The zero-order valence-corrected chi connectivity index (χ0v) is 13.0. The van der Waals surface area contributed by atoms with Gasteiger partial charge in [-0.1, -0.05) is 18.2 Å². The summed E-state index contributed by atoms with van der Waals surface area (Å²) in [4.78, 5) is 0.329. The summed E-state index contributed by atoms with van der Waals surface area (Å²) >= 11 is 0. The van der Waals surface area contributed by atoms with Gasteiger partial charge >= 0.3 is 0 Å². The van der Waals surface area contributed by atoms with Crippen molar-refractivity contribution in [2.45, 2.75) is 32.6 Å². The maximum atomic E-state index is 12.5. The van der Waals surface area contributed by atoms with Gasteiger partial charge in [0.2, 0.25) is 0 Å². The Kier molecular flexibility index (Phi) is 3.86. The maximum absolute atomic E-state index is 12.5. The molecule has 0 heterocycles. The zero-order valence-electron chi connectivity index (χ0n) is 12.2. The molecule has 0 saturated heterocycles. The van der Waals surface area contributed by atoms with Crippen LogP contribution in [0.25, 0.3) is 0 Å². The Bertz CT molecular complexity index is 749. The first-order valence-electron chi connectivity index (χ1n) is 6.47. The first-order valence-corrected chi connectivity index (χ1v) is 7.95. The van der Waals surface area contributed by atoms with E-state index in [1.165, 1.54) is 0 Å². The smallest absolute Gasteiger partial charge is 0.262 e. The second kappa shape index (κ2) is 5.29. The minimum atomic E-state index is -3.55. The van der Waals surface area contributed by atoms with Gasteiger partial charge in [-0.15, -0.1) is 0 Å². The fourth-order valence-corrected chi connectivity index (χ4v) is 3.39. The standard InChI is InChI=1S/C16H19NO2S/c1-11-5-6-13(3)16(9-11)20(18,19)17-15-8-7-12(2)14(4)10-15/h5-10,17H,1-4H3. The van der Waals surface area contributed by atoms with E-state index < -0.39 is 10.0 Å². The van der Waals surface area contributed by atoms with E-state index in [9.17, 15) is 8.42 Å². The third kappa shape index (κ3) is 3.02. The summed E-state index contributed by atoms with van der Waals surface area (Å²) in [7, 11) is -3.55. The summed E-state index contributed by atoms with van der Waals surface area (Å²) in [6.45, 7) is 7.65. The molecule has 0 unspecified atom stereocenters. The second-order valence-electron chi connectivity index (χ2n) is 5.17. The third-order valence-electron chi connectivity index (χ3n) is 3.39. The lowest BCUT2D eigenvalue weighted by Crippen LogP contribution is -2.14. The van der Waals surface area contributed by atoms with Crippen molar-refractivity contribution in [2.75, 3.05) is 4.72 Å². The second-order valence-corrected chi connectivity index (χ2v) is 6.82. The van der Waals surface area contributed by atoms with Gasteiger partial charge < -0.3 is 0 Å². The lowest BCUT2D eigenvalue weighted by molar-refractivity contribution is 0.600. The van der Waals surface area contributed by atoms with Gasteiger partial charge in [0.25, 0.3) is 10.0 Å². The van der Waals surface area contributed by atoms with Crippen LogP contribution in [-0.2, 0) is 10.0 Å². The number of hydrogen-bond donors (Lipinski definition) is 1. The molecule has 2 rings (SSSR count). The molecule has 0 amide bonds. The van der Waals surface area contributed by atoms with Crippen LogP contribution in [-0.4, -0.2) is 8.42 Å². The predicted octanol–water partition coefficient (Wildman–Crippen LogP) is 3.72. The molecule has 0 fully saturated rings. The van der Waals surface area contributed by atoms with E-state index in [1.54, 1.807) is 19.1 Å². The van der Waals surface area contributed by atoms with E-state index in [2.05, 4.69) is 4.72 Å². The van der Waals surface area contributed by atoms with Crippen LogP contribution in [0.5, 0.6) is 0 Å². The molecule has 2 aromatic rings. The van der Waals surface area contributed by atoms with E-state index in [0.717, 1.165) is 22.3 Å². The minimum absolute atomic E-state index is 0.329. The molecule has 2 aromatic carbocycles. The van der Waals surface area contributed by atoms with Crippen molar-refractivity contribution < 1.29 is 8.42 Å². The Morgan fingerprint density at radius 1 is 0.800 bits per heavy atom. The van der Waals surface area contributed by atoms with Crippen LogP contribution in [0.4, 0.5) is 5.69 Å². The molecular weight excluding hydrogens is 270 g/mol. The van der Waals surface area contributed by atoms with E-state index in [4.69, 9.17) is 0 Å². The lowest BCUT2D eigenvalue weighted by Gasteiger charge is -2.12. The van der Waals surface area contributed by atoms with Gasteiger partial charge in [0.1, 0.15) is 0 Å². The molecular formula is C16H19NO2S. The maximum Gasteiger partial charge on any atom is 0.262 e. The van der Waals surface area contributed by atoms with Gasteiger partial charge in [0, 0.05) is 5.69 Å². The minimum Gasteiger partial charge on any atom is -0.280 e. The molecule has 3 nitrogen and oxygen atoms in total. The quantitative estimate of drug-likeness (QED) is 0.936. The van der Waals surface area contributed by atoms with Crippen molar-refractivity contribution in [3.8, 4) is 0 Å². The van der Waals surface area contributed by atoms with Gasteiger partial charge in [0.15, 0.2) is 0 Å². The molecule has 0 aliphatic carbocycles. The highest BCUT2D eigenvalue weighted by atomic mass is 32.2. The highest BCUT2D eigenvalue weighted by Gasteiger charge is 2.17. The number of sulfonamides is 1. The average molecular weight is 289 g/mol. The first kappa shape index (κ1) is 14.6. The molecule has 0 aliphatic heterocycles. The van der Waals surface area contributed by atoms with Crippen molar-refractivity contribution in [1.82, 2.24) is 0 Å². The Morgan fingerprint density at radius 2 is 1.45 bits per heavy atom. The highest BCUT2D eigenvalue weighted by Crippen LogP contribution is 2.22. The van der Waals surface area contributed by atoms with Crippen LogP contribution in [0.1, 0.15) is 22.3 Å². The van der Waals surface area contributed by atoms with Crippen LogP contribution in [0, 0.1) is 27.7 Å². The van der Waals surface area contributed by atoms with Crippen molar-refractivity contribution >= 4 is 15.7 Å². The lowest BCUT2D eigenvalue weighted by atomic mass is 10.1. The van der Waals surface area contributed by atoms with E-state index in [1.807, 2.05) is 45.0 Å². The number of hydrogen-bond acceptors (Lipinski definition) is 2. The predicted molar refractivity (Wildman–Crippen MR) is 82.6 cm³/mol. The van der Waals surface area contributed by atoms with E-state index >= 15 is 0 Å². The van der Waals surface area contributed by atoms with Crippen molar-refractivity contribution in [1.29, 1.82) is 0 Å². The van der Waals surface area contributed by atoms with Crippen LogP contribution >= 0.6 is 0 Å². The molecule has 0 spiro atoms. The van der Waals surface area contributed by atoms with E-state index in [0.29, 0.717) is 10.6 Å². The third-order valence-corrected chi connectivity index (χ3v) is 4.92. The van der Waals surface area contributed by atoms with Gasteiger partial charge in [0.05, 0.1) is 4.90 Å². The largest absolute Gasteiger partial charge is 0.280 e. The molecule has 4 heteroatoms. The van der Waals surface area contributed by atoms with Gasteiger partial charge in [-0.25, -0.2) is 8.42 Å². The highest BCUT2D eigenvalue weighted by molar-refractivity contribution is 7.92. The average Bonchev–Trinajstić information content (AvgIpc) is 2.36. The molecule has 1 N–H and O–H groups in total. The molecule has 0 atom stereocenters. The zero-order chi connectivity index (χ0) is 14.9. The molecule has 0 bridgehead atoms. The SMILES string of the molecule is Cc1ccc(C)c(S(=O)(=O)Nc2ccc(C)c(C)c2)c1. The normalized spacial score (nSPS) is 11.4. The number of rotatable bonds is 3. The van der Waals surface area contributed by atoms with Crippen LogP contribution in [0.15, 0.2) is 41.3 Å². The summed E-state index contributed by atoms with van der Waals surface area (Å²) in [6, 6.07) is 11.0.